The van der Waals surface area contributed by atoms with Gasteiger partial charge in [-0.3, -0.25) is 9.59 Å². The standard InChI is InChI=1S/C19H35O5P/c1-2-3-4-5-6-7-8-9-10-11-12-13-14-15-18(22)25(24)19(23)17(21)16-20/h7-8,17,20-21,24H,2-6,9-16H2,1H3/b8-7-. The molecule has 2 unspecified atom stereocenters. The molecule has 0 aromatic heterocycles. The SMILES string of the molecule is CCCCCC/C=C\CCCCCCCC(=O)P(O)C(=O)C(O)CO. The second kappa shape index (κ2) is 16.8. The molecule has 0 fully saturated rings. The zero-order chi connectivity index (χ0) is 18.9. The van der Waals surface area contributed by atoms with Crippen molar-refractivity contribution in [3.8, 4) is 0 Å². The van der Waals surface area contributed by atoms with Crippen LogP contribution in [-0.4, -0.2) is 38.9 Å². The van der Waals surface area contributed by atoms with Crippen molar-refractivity contribution in [3.05, 3.63) is 12.2 Å². The molecule has 0 aliphatic rings. The van der Waals surface area contributed by atoms with Crippen LogP contribution in [0.1, 0.15) is 84.0 Å². The van der Waals surface area contributed by atoms with Crippen LogP contribution in [0, 0.1) is 0 Å². The zero-order valence-electron chi connectivity index (χ0n) is 15.5. The fraction of sp³-hybridized carbons (Fsp3) is 0.789. The molecule has 25 heavy (non-hydrogen) atoms. The quantitative estimate of drug-likeness (QED) is 0.203. The number of hydrogen-bond donors (Lipinski definition) is 3. The van der Waals surface area contributed by atoms with Gasteiger partial charge in [-0.2, -0.15) is 0 Å². The predicted octanol–water partition coefficient (Wildman–Crippen LogP) is 4.04. The van der Waals surface area contributed by atoms with Crippen molar-refractivity contribution >= 4 is 19.2 Å². The van der Waals surface area contributed by atoms with Gasteiger partial charge in [0.15, 0.2) is 13.7 Å². The average Bonchev–Trinajstić information content (AvgIpc) is 2.63. The summed E-state index contributed by atoms with van der Waals surface area (Å²) in [4.78, 5) is 32.6. The minimum absolute atomic E-state index is 0.157. The summed E-state index contributed by atoms with van der Waals surface area (Å²) in [5.41, 5.74) is -1.47. The summed E-state index contributed by atoms with van der Waals surface area (Å²) in [6.07, 6.45) is 15.3. The summed E-state index contributed by atoms with van der Waals surface area (Å²) >= 11 is 0. The monoisotopic (exact) mass is 374 g/mol. The molecule has 5 nitrogen and oxygen atoms in total. The summed E-state index contributed by atoms with van der Waals surface area (Å²) in [7, 11) is -2.49. The number of aliphatic hydroxyl groups is 2. The number of rotatable bonds is 17. The molecule has 0 aromatic rings. The van der Waals surface area contributed by atoms with E-state index in [4.69, 9.17) is 10.2 Å². The third kappa shape index (κ3) is 13.3. The van der Waals surface area contributed by atoms with Gasteiger partial charge in [0.2, 0.25) is 5.52 Å². The third-order valence-corrected chi connectivity index (χ3v) is 5.47. The van der Waals surface area contributed by atoms with Crippen LogP contribution in [0.2, 0.25) is 0 Å². The van der Waals surface area contributed by atoms with Crippen LogP contribution in [0.3, 0.4) is 0 Å². The molecule has 0 rings (SSSR count). The molecule has 146 valence electrons. The summed E-state index contributed by atoms with van der Waals surface area (Å²) in [5.74, 6) is 0. The summed E-state index contributed by atoms with van der Waals surface area (Å²) in [5, 5.41) is 17.8. The Balaban J connectivity index is 3.53. The number of hydrogen-bond acceptors (Lipinski definition) is 5. The Hall–Kier alpha value is -0.610. The fourth-order valence-corrected chi connectivity index (χ4v) is 3.42. The van der Waals surface area contributed by atoms with Crippen LogP contribution in [0.25, 0.3) is 0 Å². The van der Waals surface area contributed by atoms with Gasteiger partial charge in [-0.1, -0.05) is 57.6 Å². The van der Waals surface area contributed by atoms with Gasteiger partial charge in [0.05, 0.1) is 6.61 Å². The Morgan fingerprint density at radius 1 is 0.920 bits per heavy atom. The lowest BCUT2D eigenvalue weighted by atomic mass is 10.1. The van der Waals surface area contributed by atoms with Gasteiger partial charge in [0.25, 0.3) is 0 Å². The van der Waals surface area contributed by atoms with E-state index in [9.17, 15) is 14.5 Å². The molecule has 0 aromatic carbocycles. The van der Waals surface area contributed by atoms with Crippen LogP contribution >= 0.6 is 8.15 Å². The van der Waals surface area contributed by atoms with E-state index in [1.54, 1.807) is 0 Å². The Bertz CT molecular complexity index is 384. The van der Waals surface area contributed by atoms with E-state index in [2.05, 4.69) is 19.1 Å². The number of unbranched alkanes of at least 4 members (excludes halogenated alkanes) is 9. The van der Waals surface area contributed by atoms with E-state index in [0.717, 1.165) is 32.1 Å². The van der Waals surface area contributed by atoms with Gasteiger partial charge in [0.1, 0.15) is 6.10 Å². The summed E-state index contributed by atoms with van der Waals surface area (Å²) in [6, 6.07) is 0. The molecule has 0 bridgehead atoms. The number of carbonyl (C=O) groups is 2. The van der Waals surface area contributed by atoms with E-state index < -0.39 is 31.9 Å². The molecule has 0 amide bonds. The fourth-order valence-electron chi connectivity index (χ4n) is 2.44. The van der Waals surface area contributed by atoms with Gasteiger partial charge < -0.3 is 15.1 Å². The van der Waals surface area contributed by atoms with E-state index in [0.29, 0.717) is 6.42 Å². The molecule has 0 heterocycles. The Kier molecular flexibility index (Phi) is 16.4. The van der Waals surface area contributed by atoms with Crippen molar-refractivity contribution in [1.82, 2.24) is 0 Å². The van der Waals surface area contributed by atoms with Gasteiger partial charge >= 0.3 is 0 Å². The van der Waals surface area contributed by atoms with Crippen molar-refractivity contribution in [2.45, 2.75) is 90.1 Å². The van der Waals surface area contributed by atoms with Crippen molar-refractivity contribution < 1.29 is 24.7 Å². The zero-order valence-corrected chi connectivity index (χ0v) is 16.4. The van der Waals surface area contributed by atoms with Crippen LogP contribution in [0.15, 0.2) is 12.2 Å². The maximum absolute atomic E-state index is 11.7. The average molecular weight is 374 g/mol. The molecule has 0 aliphatic heterocycles. The van der Waals surface area contributed by atoms with Gasteiger partial charge in [-0.25, -0.2) is 0 Å². The lowest BCUT2D eigenvalue weighted by Crippen LogP contribution is -2.24. The lowest BCUT2D eigenvalue weighted by Gasteiger charge is -2.11. The first-order chi connectivity index (χ1) is 12.0. The Morgan fingerprint density at radius 2 is 1.44 bits per heavy atom. The molecule has 0 saturated heterocycles. The van der Waals surface area contributed by atoms with Crippen molar-refractivity contribution in [1.29, 1.82) is 0 Å². The summed E-state index contributed by atoms with van der Waals surface area (Å²) in [6.45, 7) is 1.45. The van der Waals surface area contributed by atoms with E-state index in [1.807, 2.05) is 0 Å². The molecule has 0 aliphatic carbocycles. The Labute approximate surface area is 153 Å². The normalized spacial score (nSPS) is 13.9. The van der Waals surface area contributed by atoms with Crippen molar-refractivity contribution in [3.63, 3.8) is 0 Å². The maximum Gasteiger partial charge on any atom is 0.219 e. The molecular weight excluding hydrogens is 339 g/mol. The van der Waals surface area contributed by atoms with E-state index in [-0.39, 0.29) is 6.42 Å². The molecule has 0 saturated carbocycles. The van der Waals surface area contributed by atoms with Crippen LogP contribution in [0.4, 0.5) is 0 Å². The second-order valence-electron chi connectivity index (χ2n) is 6.37. The first kappa shape index (κ1) is 24.4. The van der Waals surface area contributed by atoms with Crippen molar-refractivity contribution in [2.24, 2.45) is 0 Å². The Morgan fingerprint density at radius 3 is 2.00 bits per heavy atom. The highest BCUT2D eigenvalue weighted by Crippen LogP contribution is 2.35. The minimum atomic E-state index is -2.49. The summed E-state index contributed by atoms with van der Waals surface area (Å²) < 4.78 is 0. The lowest BCUT2D eigenvalue weighted by molar-refractivity contribution is -0.122. The second-order valence-corrected chi connectivity index (χ2v) is 7.93. The minimum Gasteiger partial charge on any atom is -0.393 e. The van der Waals surface area contributed by atoms with Crippen LogP contribution in [-0.2, 0) is 9.59 Å². The number of carbonyl (C=O) groups excluding carboxylic acids is 2. The smallest absolute Gasteiger partial charge is 0.219 e. The topological polar surface area (TPSA) is 94.8 Å². The van der Waals surface area contributed by atoms with Crippen molar-refractivity contribution in [2.75, 3.05) is 6.61 Å². The largest absolute Gasteiger partial charge is 0.393 e. The highest BCUT2D eigenvalue weighted by atomic mass is 31.1. The molecular formula is C19H35O5P. The van der Waals surface area contributed by atoms with Gasteiger partial charge in [-0.15, -0.1) is 0 Å². The third-order valence-electron chi connectivity index (χ3n) is 4.06. The first-order valence-electron chi connectivity index (χ1n) is 9.54. The molecule has 0 radical (unpaired) electrons. The van der Waals surface area contributed by atoms with Crippen LogP contribution < -0.4 is 0 Å². The van der Waals surface area contributed by atoms with E-state index >= 15 is 0 Å². The van der Waals surface area contributed by atoms with Gasteiger partial charge in [0, 0.05) is 6.42 Å². The number of allylic oxidation sites excluding steroid dienone is 2. The molecule has 2 atom stereocenters. The van der Waals surface area contributed by atoms with Gasteiger partial charge in [-0.05, 0) is 32.1 Å². The number of aliphatic hydroxyl groups excluding tert-OH is 2. The highest BCUT2D eigenvalue weighted by molar-refractivity contribution is 7.84. The van der Waals surface area contributed by atoms with E-state index in [1.165, 1.54) is 32.1 Å². The first-order valence-corrected chi connectivity index (χ1v) is 10.8. The van der Waals surface area contributed by atoms with Crippen LogP contribution in [0.5, 0.6) is 0 Å². The molecule has 3 N–H and O–H groups in total. The molecule has 0 spiro atoms. The predicted molar refractivity (Wildman–Crippen MR) is 102 cm³/mol. The maximum atomic E-state index is 11.7. The molecule has 6 heteroatoms. The highest BCUT2D eigenvalue weighted by Gasteiger charge is 2.28.